The van der Waals surface area contributed by atoms with Crippen molar-refractivity contribution >= 4 is 5.91 Å². The van der Waals surface area contributed by atoms with E-state index < -0.39 is 0 Å². The summed E-state index contributed by atoms with van der Waals surface area (Å²) in [6.45, 7) is 0.946. The van der Waals surface area contributed by atoms with E-state index in [4.69, 9.17) is 0 Å². The fourth-order valence-corrected chi connectivity index (χ4v) is 2.26. The maximum Gasteiger partial charge on any atom is 0.244 e. The molecule has 0 N–H and O–H groups in total. The number of nitrogens with zero attached hydrogens (tertiary/aromatic N) is 2. The lowest BCUT2D eigenvalue weighted by Crippen LogP contribution is -2.41. The predicted molar refractivity (Wildman–Crippen MR) is 64.2 cm³/mol. The van der Waals surface area contributed by atoms with Crippen LogP contribution in [0, 0.1) is 0 Å². The van der Waals surface area contributed by atoms with Gasteiger partial charge in [0.05, 0.1) is 0 Å². The summed E-state index contributed by atoms with van der Waals surface area (Å²) in [7, 11) is 5.64. The van der Waals surface area contributed by atoms with Gasteiger partial charge >= 0.3 is 0 Å². The van der Waals surface area contributed by atoms with Crippen molar-refractivity contribution in [3.8, 4) is 0 Å². The second-order valence-electron chi connectivity index (χ2n) is 4.56. The van der Waals surface area contributed by atoms with Gasteiger partial charge in [-0.1, -0.05) is 24.3 Å². The molecule has 1 atom stereocenters. The van der Waals surface area contributed by atoms with Gasteiger partial charge in [-0.3, -0.25) is 9.69 Å². The summed E-state index contributed by atoms with van der Waals surface area (Å²) in [5.74, 6) is 0.162. The minimum Gasteiger partial charge on any atom is -0.347 e. The van der Waals surface area contributed by atoms with Crippen LogP contribution in [0.5, 0.6) is 0 Å². The van der Waals surface area contributed by atoms with Gasteiger partial charge in [-0.15, -0.1) is 0 Å². The molecule has 86 valence electrons. The molecule has 1 aliphatic heterocycles. The van der Waals surface area contributed by atoms with Crippen molar-refractivity contribution < 1.29 is 4.79 Å². The minimum atomic E-state index is -0.111. The van der Waals surface area contributed by atoms with Gasteiger partial charge in [0, 0.05) is 20.6 Å². The van der Waals surface area contributed by atoms with Crippen molar-refractivity contribution in [1.29, 1.82) is 0 Å². The Morgan fingerprint density at radius 1 is 1.38 bits per heavy atom. The van der Waals surface area contributed by atoms with Crippen LogP contribution in [0.3, 0.4) is 0 Å². The maximum absolute atomic E-state index is 12.2. The zero-order chi connectivity index (χ0) is 11.7. The molecule has 2 rings (SSSR count). The number of likely N-dealkylation sites (N-methyl/N-ethyl adjacent to an activating group) is 2. The molecule has 1 aromatic carbocycles. The largest absolute Gasteiger partial charge is 0.347 e. The van der Waals surface area contributed by atoms with Crippen LogP contribution >= 0.6 is 0 Å². The number of amides is 1. The quantitative estimate of drug-likeness (QED) is 0.709. The smallest absolute Gasteiger partial charge is 0.244 e. The fourth-order valence-electron chi connectivity index (χ4n) is 2.26. The first-order valence-electron chi connectivity index (χ1n) is 5.60. The molecule has 3 nitrogen and oxygen atoms in total. The van der Waals surface area contributed by atoms with Gasteiger partial charge in [0.15, 0.2) is 0 Å². The zero-order valence-electron chi connectivity index (χ0n) is 10.1. The number of hydrogen-bond acceptors (Lipinski definition) is 2. The lowest BCUT2D eigenvalue weighted by atomic mass is 9.92. The van der Waals surface area contributed by atoms with Crippen molar-refractivity contribution in [1.82, 2.24) is 9.80 Å². The molecule has 1 amide bonds. The Morgan fingerprint density at radius 3 is 2.75 bits per heavy atom. The number of carbonyl (C=O) groups is 1. The van der Waals surface area contributed by atoms with Crippen molar-refractivity contribution in [2.75, 3.05) is 27.7 Å². The Kier molecular flexibility index (Phi) is 2.97. The molecular weight excluding hydrogens is 200 g/mol. The first-order valence-corrected chi connectivity index (χ1v) is 5.60. The summed E-state index contributed by atoms with van der Waals surface area (Å²) in [5.41, 5.74) is 2.47. The highest BCUT2D eigenvalue weighted by Gasteiger charge is 2.31. The third-order valence-corrected chi connectivity index (χ3v) is 3.20. The van der Waals surface area contributed by atoms with E-state index >= 15 is 0 Å². The van der Waals surface area contributed by atoms with E-state index in [1.807, 2.05) is 33.3 Å². The van der Waals surface area contributed by atoms with E-state index in [2.05, 4.69) is 17.0 Å². The molecule has 1 aliphatic rings. The highest BCUT2D eigenvalue weighted by atomic mass is 16.2. The van der Waals surface area contributed by atoms with Crippen LogP contribution in [0.1, 0.15) is 17.2 Å². The van der Waals surface area contributed by atoms with Crippen molar-refractivity contribution in [3.63, 3.8) is 0 Å². The normalized spacial score (nSPS) is 20.3. The Balaban J connectivity index is 2.40. The molecule has 0 aliphatic carbocycles. The van der Waals surface area contributed by atoms with E-state index in [1.54, 1.807) is 4.90 Å². The van der Waals surface area contributed by atoms with Gasteiger partial charge in [-0.2, -0.15) is 0 Å². The van der Waals surface area contributed by atoms with E-state index in [-0.39, 0.29) is 11.9 Å². The number of rotatable bonds is 1. The van der Waals surface area contributed by atoms with Crippen LogP contribution in [0.4, 0.5) is 0 Å². The number of fused-ring (bicyclic) bond motifs is 1. The van der Waals surface area contributed by atoms with Crippen LogP contribution in [0.25, 0.3) is 0 Å². The lowest BCUT2D eigenvalue weighted by molar-refractivity contribution is -0.134. The fraction of sp³-hybridized carbons (Fsp3) is 0.462. The number of benzene rings is 1. The summed E-state index contributed by atoms with van der Waals surface area (Å²) in [6, 6.07) is 8.13. The number of carbonyl (C=O) groups excluding carboxylic acids is 1. The zero-order valence-corrected chi connectivity index (χ0v) is 10.1. The monoisotopic (exact) mass is 218 g/mol. The topological polar surface area (TPSA) is 23.6 Å². The van der Waals surface area contributed by atoms with E-state index in [0.717, 1.165) is 18.5 Å². The number of hydrogen-bond donors (Lipinski definition) is 0. The maximum atomic E-state index is 12.2. The van der Waals surface area contributed by atoms with Gasteiger partial charge in [0.1, 0.15) is 6.04 Å². The summed E-state index contributed by atoms with van der Waals surface area (Å²) >= 11 is 0. The Hall–Kier alpha value is -1.35. The molecule has 0 spiro atoms. The van der Waals surface area contributed by atoms with Crippen LogP contribution < -0.4 is 0 Å². The predicted octanol–water partition coefficient (Wildman–Crippen LogP) is 1.30. The van der Waals surface area contributed by atoms with Crippen LogP contribution in [-0.4, -0.2) is 43.4 Å². The van der Waals surface area contributed by atoms with Gasteiger partial charge in [0.25, 0.3) is 0 Å². The third kappa shape index (κ3) is 1.83. The van der Waals surface area contributed by atoms with Gasteiger partial charge < -0.3 is 4.90 Å². The second-order valence-corrected chi connectivity index (χ2v) is 4.56. The molecule has 16 heavy (non-hydrogen) atoms. The summed E-state index contributed by atoms with van der Waals surface area (Å²) in [6.07, 6.45) is 1.03. The van der Waals surface area contributed by atoms with E-state index in [9.17, 15) is 4.79 Å². The Bertz CT molecular complexity index is 401. The van der Waals surface area contributed by atoms with Gasteiger partial charge in [0.2, 0.25) is 5.91 Å². The summed E-state index contributed by atoms with van der Waals surface area (Å²) < 4.78 is 0. The third-order valence-electron chi connectivity index (χ3n) is 3.20. The van der Waals surface area contributed by atoms with Gasteiger partial charge in [-0.25, -0.2) is 0 Å². The first-order chi connectivity index (χ1) is 7.61. The van der Waals surface area contributed by atoms with Crippen LogP contribution in [0.2, 0.25) is 0 Å². The summed E-state index contributed by atoms with van der Waals surface area (Å²) in [4.78, 5) is 16.0. The first kappa shape index (κ1) is 11.1. The second kappa shape index (κ2) is 4.26. The SMILES string of the molecule is CN(C)C(=O)[C@@H]1c2ccccc2CCN1C. The average molecular weight is 218 g/mol. The minimum absolute atomic E-state index is 0.111. The van der Waals surface area contributed by atoms with Crippen molar-refractivity contribution in [3.05, 3.63) is 35.4 Å². The highest BCUT2D eigenvalue weighted by molar-refractivity contribution is 5.83. The van der Waals surface area contributed by atoms with Crippen LogP contribution in [0.15, 0.2) is 24.3 Å². The van der Waals surface area contributed by atoms with Gasteiger partial charge in [-0.05, 0) is 24.6 Å². The van der Waals surface area contributed by atoms with E-state index in [0.29, 0.717) is 0 Å². The molecule has 0 saturated carbocycles. The standard InChI is InChI=1S/C13H18N2O/c1-14(2)13(16)12-11-7-5-4-6-10(11)8-9-15(12)3/h4-7,12H,8-9H2,1-3H3/t12-/m0/s1. The Labute approximate surface area is 96.7 Å². The highest BCUT2D eigenvalue weighted by Crippen LogP contribution is 2.29. The Morgan fingerprint density at radius 2 is 2.06 bits per heavy atom. The van der Waals surface area contributed by atoms with Crippen LogP contribution in [-0.2, 0) is 11.2 Å². The molecule has 1 aromatic rings. The molecule has 3 heteroatoms. The molecule has 0 unspecified atom stereocenters. The molecule has 0 fully saturated rings. The molecule has 0 radical (unpaired) electrons. The van der Waals surface area contributed by atoms with Crippen molar-refractivity contribution in [2.24, 2.45) is 0 Å². The average Bonchev–Trinajstić information content (AvgIpc) is 2.28. The lowest BCUT2D eigenvalue weighted by Gasteiger charge is -2.34. The summed E-state index contributed by atoms with van der Waals surface area (Å²) in [5, 5.41) is 0. The molecule has 0 bridgehead atoms. The molecule has 1 heterocycles. The molecular formula is C13H18N2O. The van der Waals surface area contributed by atoms with E-state index in [1.165, 1.54) is 5.56 Å². The van der Waals surface area contributed by atoms with Crippen molar-refractivity contribution in [2.45, 2.75) is 12.5 Å². The molecule has 0 saturated heterocycles. The molecule has 0 aromatic heterocycles.